The van der Waals surface area contributed by atoms with Crippen LogP contribution in [0.4, 0.5) is 0 Å². The predicted molar refractivity (Wildman–Crippen MR) is 81.4 cm³/mol. The molecule has 1 aliphatic rings. The lowest BCUT2D eigenvalue weighted by Crippen LogP contribution is -2.15. The maximum atomic E-state index is 5.71. The number of ether oxygens (including phenoxy) is 2. The molecule has 1 saturated carbocycles. The molecule has 0 saturated heterocycles. The second-order valence-corrected chi connectivity index (χ2v) is 5.28. The first-order valence-corrected chi connectivity index (χ1v) is 7.27. The van der Waals surface area contributed by atoms with Gasteiger partial charge in [0.2, 0.25) is 0 Å². The van der Waals surface area contributed by atoms with Crippen LogP contribution < -0.4 is 14.8 Å². The minimum Gasteiger partial charge on any atom is -0.497 e. The number of nitrogens with zero attached hydrogens (tertiary/aromatic N) is 1. The van der Waals surface area contributed by atoms with E-state index in [0.717, 1.165) is 29.8 Å². The Bertz CT molecular complexity index is 562. The number of rotatable bonds is 7. The van der Waals surface area contributed by atoms with Crippen LogP contribution in [-0.4, -0.2) is 18.1 Å². The molecule has 4 nitrogen and oxygen atoms in total. The number of pyridine rings is 1. The maximum absolute atomic E-state index is 5.71. The Morgan fingerprint density at radius 2 is 1.86 bits per heavy atom. The van der Waals surface area contributed by atoms with E-state index in [9.17, 15) is 0 Å². The fraction of sp³-hybridized carbons (Fsp3) is 0.353. The normalized spacial score (nSPS) is 14.0. The molecule has 1 aromatic heterocycles. The van der Waals surface area contributed by atoms with Crippen molar-refractivity contribution in [1.29, 1.82) is 0 Å². The summed E-state index contributed by atoms with van der Waals surface area (Å²) in [7, 11) is 1.65. The van der Waals surface area contributed by atoms with Crippen molar-refractivity contribution >= 4 is 0 Å². The van der Waals surface area contributed by atoms with Crippen molar-refractivity contribution in [3.63, 3.8) is 0 Å². The number of hydrogen-bond donors (Lipinski definition) is 1. The number of methoxy groups -OCH3 is 1. The molecule has 1 heterocycles. The fourth-order valence-corrected chi connectivity index (χ4v) is 2.02. The van der Waals surface area contributed by atoms with E-state index in [1.807, 2.05) is 36.5 Å². The van der Waals surface area contributed by atoms with Gasteiger partial charge < -0.3 is 14.8 Å². The summed E-state index contributed by atoms with van der Waals surface area (Å²) in [5.41, 5.74) is 2.15. The van der Waals surface area contributed by atoms with Gasteiger partial charge in [-0.2, -0.15) is 0 Å². The number of hydrogen-bond acceptors (Lipinski definition) is 4. The highest BCUT2D eigenvalue weighted by molar-refractivity contribution is 5.31. The summed E-state index contributed by atoms with van der Waals surface area (Å²) >= 11 is 0. The third-order valence-electron chi connectivity index (χ3n) is 3.50. The molecule has 0 unspecified atom stereocenters. The molecule has 2 aromatic rings. The summed E-state index contributed by atoms with van der Waals surface area (Å²) in [5.74, 6) is 1.64. The molecule has 0 bridgehead atoms. The Kier molecular flexibility index (Phi) is 4.36. The molecule has 0 spiro atoms. The first-order chi connectivity index (χ1) is 10.3. The van der Waals surface area contributed by atoms with Crippen molar-refractivity contribution in [1.82, 2.24) is 10.3 Å². The molecular formula is C17H20N2O2. The first kappa shape index (κ1) is 13.9. The zero-order chi connectivity index (χ0) is 14.5. The second-order valence-electron chi connectivity index (χ2n) is 5.28. The van der Waals surface area contributed by atoms with Gasteiger partial charge in [0.1, 0.15) is 18.1 Å². The SMILES string of the molecule is COc1ccc(OCc2ccc(CNC3CC3)cn2)cc1. The number of benzene rings is 1. The molecule has 110 valence electrons. The summed E-state index contributed by atoms with van der Waals surface area (Å²) < 4.78 is 10.8. The van der Waals surface area contributed by atoms with E-state index in [-0.39, 0.29) is 0 Å². The summed E-state index contributed by atoms with van der Waals surface area (Å²) in [4.78, 5) is 4.44. The molecule has 0 atom stereocenters. The Hall–Kier alpha value is -2.07. The number of nitrogens with one attached hydrogen (secondary N) is 1. The summed E-state index contributed by atoms with van der Waals surface area (Å²) in [6, 6.07) is 12.4. The predicted octanol–water partition coefficient (Wildman–Crippen LogP) is 2.92. The fourth-order valence-electron chi connectivity index (χ4n) is 2.02. The highest BCUT2D eigenvalue weighted by Crippen LogP contribution is 2.19. The van der Waals surface area contributed by atoms with Gasteiger partial charge in [-0.05, 0) is 48.7 Å². The molecule has 0 aliphatic heterocycles. The van der Waals surface area contributed by atoms with Gasteiger partial charge in [-0.15, -0.1) is 0 Å². The molecule has 1 fully saturated rings. The van der Waals surface area contributed by atoms with E-state index in [4.69, 9.17) is 9.47 Å². The lowest BCUT2D eigenvalue weighted by Gasteiger charge is -2.07. The van der Waals surface area contributed by atoms with Crippen LogP contribution in [0.15, 0.2) is 42.6 Å². The van der Waals surface area contributed by atoms with Crippen LogP contribution in [0.2, 0.25) is 0 Å². The second kappa shape index (κ2) is 6.59. The molecule has 1 aliphatic carbocycles. The van der Waals surface area contributed by atoms with Crippen LogP contribution in [0.25, 0.3) is 0 Å². The zero-order valence-corrected chi connectivity index (χ0v) is 12.2. The van der Waals surface area contributed by atoms with Gasteiger partial charge in [-0.25, -0.2) is 0 Å². The number of aromatic nitrogens is 1. The lowest BCUT2D eigenvalue weighted by molar-refractivity contribution is 0.300. The maximum Gasteiger partial charge on any atom is 0.130 e. The van der Waals surface area contributed by atoms with Crippen molar-refractivity contribution in [2.24, 2.45) is 0 Å². The van der Waals surface area contributed by atoms with Gasteiger partial charge in [0.15, 0.2) is 0 Å². The Labute approximate surface area is 125 Å². The summed E-state index contributed by atoms with van der Waals surface area (Å²) in [6.45, 7) is 1.37. The first-order valence-electron chi connectivity index (χ1n) is 7.27. The van der Waals surface area contributed by atoms with Crippen molar-refractivity contribution in [3.05, 3.63) is 53.9 Å². The van der Waals surface area contributed by atoms with E-state index >= 15 is 0 Å². The Morgan fingerprint density at radius 3 is 2.48 bits per heavy atom. The third kappa shape index (κ3) is 4.20. The molecule has 0 amide bonds. The molecule has 1 N–H and O–H groups in total. The molecule has 0 radical (unpaired) electrons. The van der Waals surface area contributed by atoms with Crippen molar-refractivity contribution in [2.45, 2.75) is 32.0 Å². The van der Waals surface area contributed by atoms with E-state index in [2.05, 4.69) is 16.4 Å². The van der Waals surface area contributed by atoms with Crippen LogP contribution in [0.3, 0.4) is 0 Å². The van der Waals surface area contributed by atoms with Crippen molar-refractivity contribution < 1.29 is 9.47 Å². The van der Waals surface area contributed by atoms with Crippen LogP contribution in [0, 0.1) is 0 Å². The van der Waals surface area contributed by atoms with Crippen LogP contribution in [0.5, 0.6) is 11.5 Å². The average Bonchev–Trinajstić information content (AvgIpc) is 3.37. The quantitative estimate of drug-likeness (QED) is 0.849. The Balaban J connectivity index is 1.49. The monoisotopic (exact) mass is 284 g/mol. The zero-order valence-electron chi connectivity index (χ0n) is 12.2. The van der Waals surface area contributed by atoms with E-state index < -0.39 is 0 Å². The van der Waals surface area contributed by atoms with Crippen molar-refractivity contribution in [2.75, 3.05) is 7.11 Å². The highest BCUT2D eigenvalue weighted by atomic mass is 16.5. The van der Waals surface area contributed by atoms with E-state index in [0.29, 0.717) is 6.61 Å². The largest absolute Gasteiger partial charge is 0.497 e. The van der Waals surface area contributed by atoms with Gasteiger partial charge in [-0.3, -0.25) is 4.98 Å². The highest BCUT2D eigenvalue weighted by Gasteiger charge is 2.19. The van der Waals surface area contributed by atoms with E-state index in [1.54, 1.807) is 7.11 Å². The van der Waals surface area contributed by atoms with Gasteiger partial charge >= 0.3 is 0 Å². The minimum atomic E-state index is 0.475. The van der Waals surface area contributed by atoms with Gasteiger partial charge in [0, 0.05) is 18.8 Å². The molecule has 21 heavy (non-hydrogen) atoms. The van der Waals surface area contributed by atoms with Gasteiger partial charge in [-0.1, -0.05) is 6.07 Å². The van der Waals surface area contributed by atoms with Crippen LogP contribution in [0.1, 0.15) is 24.1 Å². The minimum absolute atomic E-state index is 0.475. The van der Waals surface area contributed by atoms with Crippen molar-refractivity contribution in [3.8, 4) is 11.5 Å². The van der Waals surface area contributed by atoms with Crippen LogP contribution in [-0.2, 0) is 13.2 Å². The summed E-state index contributed by atoms with van der Waals surface area (Å²) in [6.07, 6.45) is 4.53. The average molecular weight is 284 g/mol. The standard InChI is InChI=1S/C17H20N2O2/c1-20-16-6-8-17(9-7-16)21-12-15-3-2-13(11-19-15)10-18-14-4-5-14/h2-3,6-9,11,14,18H,4-5,10,12H2,1H3. The third-order valence-corrected chi connectivity index (χ3v) is 3.50. The molecular weight excluding hydrogens is 264 g/mol. The molecule has 3 rings (SSSR count). The van der Waals surface area contributed by atoms with Gasteiger partial charge in [0.25, 0.3) is 0 Å². The smallest absolute Gasteiger partial charge is 0.130 e. The summed E-state index contributed by atoms with van der Waals surface area (Å²) in [5, 5.41) is 3.48. The van der Waals surface area contributed by atoms with Gasteiger partial charge in [0.05, 0.1) is 12.8 Å². The lowest BCUT2D eigenvalue weighted by atomic mass is 10.2. The topological polar surface area (TPSA) is 43.4 Å². The Morgan fingerprint density at radius 1 is 1.10 bits per heavy atom. The van der Waals surface area contributed by atoms with E-state index in [1.165, 1.54) is 18.4 Å². The molecule has 1 aromatic carbocycles. The molecule has 4 heteroatoms. The van der Waals surface area contributed by atoms with Crippen LogP contribution >= 0.6 is 0 Å².